The number of amides is 1. The SMILES string of the molecule is Cc1cccc2cccc(N3Cc4nc(OC[C@@H]5CCCN5C)nc(N5CCN(C(=O)/C=C/CF)[C@@H](CC#N)C5)c4CC34CCC4)c12. The van der Waals surface area contributed by atoms with Gasteiger partial charge in [-0.05, 0) is 75.7 Å². The number of benzene rings is 2. The van der Waals surface area contributed by atoms with Crippen LogP contribution in [-0.4, -0.2) is 89.8 Å². The van der Waals surface area contributed by atoms with Gasteiger partial charge in [0, 0.05) is 60.3 Å². The van der Waals surface area contributed by atoms with E-state index in [4.69, 9.17) is 14.7 Å². The van der Waals surface area contributed by atoms with E-state index in [1.165, 1.54) is 40.6 Å². The summed E-state index contributed by atoms with van der Waals surface area (Å²) in [5.74, 6) is 0.602. The van der Waals surface area contributed by atoms with Crippen molar-refractivity contribution in [3.63, 3.8) is 0 Å². The van der Waals surface area contributed by atoms with Gasteiger partial charge in [-0.3, -0.25) is 4.79 Å². The van der Waals surface area contributed by atoms with Gasteiger partial charge in [-0.25, -0.2) is 4.39 Å². The first kappa shape index (κ1) is 31.4. The molecular formula is C37H44FN7O2. The second-order valence-corrected chi connectivity index (χ2v) is 13.7. The Labute approximate surface area is 276 Å². The Kier molecular flexibility index (Phi) is 8.75. The largest absolute Gasteiger partial charge is 0.462 e. The molecule has 2 aromatic carbocycles. The lowest BCUT2D eigenvalue weighted by atomic mass is 9.68. The number of nitrogens with zero attached hydrogens (tertiary/aromatic N) is 7. The molecule has 3 aromatic rings. The van der Waals surface area contributed by atoms with E-state index in [2.05, 4.69) is 71.1 Å². The van der Waals surface area contributed by atoms with E-state index in [1.807, 2.05) is 0 Å². The summed E-state index contributed by atoms with van der Waals surface area (Å²) in [6.07, 6.45) is 9.15. The number of carbonyl (C=O) groups excluding carboxylic acids is 1. The molecule has 0 unspecified atom stereocenters. The van der Waals surface area contributed by atoms with E-state index in [1.54, 1.807) is 4.90 Å². The Balaban J connectivity index is 1.27. The van der Waals surface area contributed by atoms with Crippen molar-refractivity contribution < 1.29 is 13.9 Å². The molecule has 3 aliphatic heterocycles. The normalized spacial score (nSPS) is 22.5. The second kappa shape index (κ2) is 13.1. The lowest BCUT2D eigenvalue weighted by Gasteiger charge is -2.55. The molecule has 2 atom stereocenters. The van der Waals surface area contributed by atoms with Crippen LogP contribution in [0.3, 0.4) is 0 Å². The highest BCUT2D eigenvalue weighted by Gasteiger charge is 2.48. The van der Waals surface area contributed by atoms with Crippen LogP contribution in [0.4, 0.5) is 15.9 Å². The highest BCUT2D eigenvalue weighted by Crippen LogP contribution is 2.50. The van der Waals surface area contributed by atoms with E-state index < -0.39 is 6.67 Å². The van der Waals surface area contributed by atoms with Gasteiger partial charge in [0.05, 0.1) is 30.8 Å². The molecule has 4 heterocycles. The van der Waals surface area contributed by atoms with Crippen molar-refractivity contribution in [1.29, 1.82) is 5.26 Å². The molecule has 1 saturated carbocycles. The van der Waals surface area contributed by atoms with E-state index in [-0.39, 0.29) is 23.9 Å². The van der Waals surface area contributed by atoms with Crippen LogP contribution in [0.15, 0.2) is 48.6 Å². The van der Waals surface area contributed by atoms with Crippen molar-refractivity contribution in [1.82, 2.24) is 19.8 Å². The van der Waals surface area contributed by atoms with Crippen molar-refractivity contribution in [2.45, 2.75) is 76.0 Å². The monoisotopic (exact) mass is 637 g/mol. The molecule has 1 spiro atoms. The number of fused-ring (bicyclic) bond motifs is 2. The standard InChI is InChI=1S/C37H44FN7O2/c1-26-8-3-9-27-10-4-12-32(34(26)27)45-24-31-30(22-37(45)15-7-16-37)35(41-36(40-31)47-25-29-11-6-19-42(29)2)43-20-21-44(28(23-43)14-18-39)33(46)13-5-17-38/h3-5,8-10,12-13,28-29H,6-7,11,14-17,19-25H2,1-2H3/b13-5+/t28-,29-/m0/s1. The molecule has 3 fully saturated rings. The Morgan fingerprint density at radius 2 is 1.96 bits per heavy atom. The highest BCUT2D eigenvalue weighted by molar-refractivity contribution is 5.97. The first-order valence-electron chi connectivity index (χ1n) is 17.0. The van der Waals surface area contributed by atoms with Crippen molar-refractivity contribution in [2.75, 3.05) is 56.3 Å². The van der Waals surface area contributed by atoms with Crippen molar-refractivity contribution >= 4 is 28.2 Å². The van der Waals surface area contributed by atoms with Crippen LogP contribution in [-0.2, 0) is 17.8 Å². The molecule has 0 radical (unpaired) electrons. The number of ether oxygens (including phenoxy) is 1. The van der Waals surface area contributed by atoms with Crippen LogP contribution in [0.2, 0.25) is 0 Å². The average molecular weight is 638 g/mol. The van der Waals surface area contributed by atoms with Gasteiger partial charge in [-0.1, -0.05) is 30.3 Å². The molecule has 0 N–H and O–H groups in total. The third-order valence-corrected chi connectivity index (χ3v) is 10.9. The Morgan fingerprint density at radius 3 is 2.68 bits per heavy atom. The number of carbonyl (C=O) groups is 1. The van der Waals surface area contributed by atoms with Crippen LogP contribution in [0.1, 0.15) is 55.3 Å². The maximum atomic E-state index is 12.9. The van der Waals surface area contributed by atoms with Crippen LogP contribution in [0.5, 0.6) is 6.01 Å². The minimum Gasteiger partial charge on any atom is -0.462 e. The topological polar surface area (TPSA) is 88.8 Å². The summed E-state index contributed by atoms with van der Waals surface area (Å²) in [4.78, 5) is 32.0. The number of hydrogen-bond acceptors (Lipinski definition) is 8. The molecule has 2 saturated heterocycles. The predicted molar refractivity (Wildman–Crippen MR) is 181 cm³/mol. The molecule has 0 bridgehead atoms. The predicted octanol–water partition coefficient (Wildman–Crippen LogP) is 5.35. The zero-order valence-electron chi connectivity index (χ0n) is 27.5. The molecule has 1 aromatic heterocycles. The number of piperazine rings is 1. The summed E-state index contributed by atoms with van der Waals surface area (Å²) >= 11 is 0. The molecule has 7 rings (SSSR count). The summed E-state index contributed by atoms with van der Waals surface area (Å²) in [5.41, 5.74) is 4.62. The van der Waals surface area contributed by atoms with Gasteiger partial charge in [0.2, 0.25) is 5.91 Å². The number of alkyl halides is 1. The minimum atomic E-state index is -0.696. The molecular weight excluding hydrogens is 593 g/mol. The number of rotatable bonds is 8. The highest BCUT2D eigenvalue weighted by atomic mass is 19.1. The van der Waals surface area contributed by atoms with Crippen molar-refractivity contribution in [3.8, 4) is 12.1 Å². The summed E-state index contributed by atoms with van der Waals surface area (Å²) < 4.78 is 19.2. The fraction of sp³-hybridized carbons (Fsp3) is 0.514. The fourth-order valence-electron chi connectivity index (χ4n) is 8.20. The van der Waals surface area contributed by atoms with E-state index in [9.17, 15) is 14.4 Å². The van der Waals surface area contributed by atoms with Gasteiger partial charge < -0.3 is 24.3 Å². The summed E-state index contributed by atoms with van der Waals surface area (Å²) in [6.45, 7) is 5.21. The number of likely N-dealkylation sites (N-methyl/N-ethyl adjacent to an activating group) is 1. The van der Waals surface area contributed by atoms with Crippen molar-refractivity contribution in [3.05, 3.63) is 65.4 Å². The Morgan fingerprint density at radius 1 is 1.13 bits per heavy atom. The first-order chi connectivity index (χ1) is 22.9. The van der Waals surface area contributed by atoms with Crippen LogP contribution < -0.4 is 14.5 Å². The lowest BCUT2D eigenvalue weighted by molar-refractivity contribution is -0.128. The van der Waals surface area contributed by atoms with Gasteiger partial charge in [0.1, 0.15) is 19.1 Å². The van der Waals surface area contributed by atoms with Crippen molar-refractivity contribution in [2.24, 2.45) is 0 Å². The number of hydrogen-bond donors (Lipinski definition) is 0. The zero-order valence-corrected chi connectivity index (χ0v) is 27.5. The molecule has 4 aliphatic rings. The first-order valence-corrected chi connectivity index (χ1v) is 17.0. The molecule has 47 heavy (non-hydrogen) atoms. The number of allylic oxidation sites excluding steroid dienone is 1. The second-order valence-electron chi connectivity index (χ2n) is 13.7. The third-order valence-electron chi connectivity index (χ3n) is 10.9. The third kappa shape index (κ3) is 5.91. The Bertz CT molecular complexity index is 1710. The summed E-state index contributed by atoms with van der Waals surface area (Å²) in [5, 5.41) is 12.2. The lowest BCUT2D eigenvalue weighted by Crippen LogP contribution is -2.59. The maximum Gasteiger partial charge on any atom is 0.318 e. The van der Waals surface area contributed by atoms with E-state index >= 15 is 0 Å². The van der Waals surface area contributed by atoms with Crippen LogP contribution in [0, 0.1) is 18.3 Å². The minimum absolute atomic E-state index is 0.0301. The number of halogens is 1. The number of anilines is 2. The molecule has 246 valence electrons. The van der Waals surface area contributed by atoms with Gasteiger partial charge in [0.15, 0.2) is 0 Å². The van der Waals surface area contributed by atoms with E-state index in [0.29, 0.717) is 44.8 Å². The number of aryl methyl sites for hydroxylation is 1. The molecule has 9 nitrogen and oxygen atoms in total. The smallest absolute Gasteiger partial charge is 0.318 e. The number of nitriles is 1. The molecule has 1 amide bonds. The maximum absolute atomic E-state index is 12.9. The van der Waals surface area contributed by atoms with Crippen LogP contribution in [0.25, 0.3) is 10.8 Å². The van der Waals surface area contributed by atoms with Gasteiger partial charge in [0.25, 0.3) is 0 Å². The zero-order chi connectivity index (χ0) is 32.5. The summed E-state index contributed by atoms with van der Waals surface area (Å²) in [7, 11) is 2.14. The quantitative estimate of drug-likeness (QED) is 0.306. The van der Waals surface area contributed by atoms with Crippen LogP contribution >= 0.6 is 0 Å². The van der Waals surface area contributed by atoms with Gasteiger partial charge in [-0.15, -0.1) is 0 Å². The summed E-state index contributed by atoms with van der Waals surface area (Å²) in [6, 6.07) is 15.8. The van der Waals surface area contributed by atoms with Gasteiger partial charge >= 0.3 is 6.01 Å². The van der Waals surface area contributed by atoms with E-state index in [0.717, 1.165) is 55.7 Å². The molecule has 10 heteroatoms. The van der Waals surface area contributed by atoms with Gasteiger partial charge in [-0.2, -0.15) is 15.2 Å². The molecule has 1 aliphatic carbocycles. The Hall–Kier alpha value is -4.23. The average Bonchev–Trinajstić information content (AvgIpc) is 3.48. The number of likely N-dealkylation sites (tertiary alicyclic amines) is 1. The number of aromatic nitrogens is 2. The fourth-order valence-corrected chi connectivity index (χ4v) is 8.20.